The summed E-state index contributed by atoms with van der Waals surface area (Å²) in [4.78, 5) is 19.9. The van der Waals surface area contributed by atoms with Gasteiger partial charge in [-0.15, -0.1) is 0 Å². The van der Waals surface area contributed by atoms with Crippen molar-refractivity contribution in [3.05, 3.63) is 41.6 Å². The molecule has 0 aliphatic carbocycles. The van der Waals surface area contributed by atoms with Gasteiger partial charge in [-0.05, 0) is 25.0 Å². The number of nitrogens with zero attached hydrogens (tertiary/aromatic N) is 2. The summed E-state index contributed by atoms with van der Waals surface area (Å²) in [5, 5.41) is 15.4. The van der Waals surface area contributed by atoms with Gasteiger partial charge < -0.3 is 15.7 Å². The molecule has 1 aromatic carbocycles. The van der Waals surface area contributed by atoms with Gasteiger partial charge in [0.1, 0.15) is 5.82 Å². The predicted octanol–water partition coefficient (Wildman–Crippen LogP) is 3.29. The molecule has 3 N–H and O–H groups in total. The van der Waals surface area contributed by atoms with Crippen molar-refractivity contribution >= 4 is 23.4 Å². The quantitative estimate of drug-likeness (QED) is 0.758. The SMILES string of the molecule is Cc1cc(Nc2ccccc2C(=O)O)nc(NCC(C)C)n1. The molecule has 0 amide bonds. The van der Waals surface area contributed by atoms with Crippen LogP contribution in [0.1, 0.15) is 29.9 Å². The molecule has 0 fully saturated rings. The summed E-state index contributed by atoms with van der Waals surface area (Å²) >= 11 is 0. The smallest absolute Gasteiger partial charge is 0.337 e. The van der Waals surface area contributed by atoms with E-state index >= 15 is 0 Å². The molecule has 6 nitrogen and oxygen atoms in total. The Morgan fingerprint density at radius 3 is 2.68 bits per heavy atom. The Bertz CT molecular complexity index is 671. The number of nitrogens with one attached hydrogen (secondary N) is 2. The molecule has 0 bridgehead atoms. The second kappa shape index (κ2) is 6.89. The largest absolute Gasteiger partial charge is 0.478 e. The standard InChI is InChI=1S/C16H20N4O2/c1-10(2)9-17-16-18-11(3)8-14(20-16)19-13-7-5-4-6-12(13)15(21)22/h4-8,10H,9H2,1-3H3,(H,21,22)(H2,17,18,19,20). The van der Waals surface area contributed by atoms with E-state index in [1.165, 1.54) is 0 Å². The van der Waals surface area contributed by atoms with Crippen molar-refractivity contribution in [3.63, 3.8) is 0 Å². The van der Waals surface area contributed by atoms with Crippen molar-refractivity contribution in [2.75, 3.05) is 17.2 Å². The number of carboxylic acids is 1. The number of anilines is 3. The van der Waals surface area contributed by atoms with Gasteiger partial charge in [0.15, 0.2) is 0 Å². The zero-order valence-electron chi connectivity index (χ0n) is 12.9. The van der Waals surface area contributed by atoms with Crippen LogP contribution in [0, 0.1) is 12.8 Å². The molecule has 0 aliphatic rings. The fourth-order valence-electron chi connectivity index (χ4n) is 1.92. The fraction of sp³-hybridized carbons (Fsp3) is 0.312. The molecule has 0 spiro atoms. The van der Waals surface area contributed by atoms with Gasteiger partial charge in [0.05, 0.1) is 11.3 Å². The van der Waals surface area contributed by atoms with Crippen LogP contribution in [0.4, 0.5) is 17.5 Å². The van der Waals surface area contributed by atoms with E-state index in [0.717, 1.165) is 12.2 Å². The summed E-state index contributed by atoms with van der Waals surface area (Å²) in [6.07, 6.45) is 0. The highest BCUT2D eigenvalue weighted by atomic mass is 16.4. The van der Waals surface area contributed by atoms with Crippen LogP contribution in [0.25, 0.3) is 0 Å². The number of carbonyl (C=O) groups is 1. The van der Waals surface area contributed by atoms with E-state index < -0.39 is 5.97 Å². The number of aryl methyl sites for hydroxylation is 1. The van der Waals surface area contributed by atoms with Crippen molar-refractivity contribution in [1.82, 2.24) is 9.97 Å². The van der Waals surface area contributed by atoms with Gasteiger partial charge in [0.25, 0.3) is 0 Å². The minimum atomic E-state index is -0.980. The summed E-state index contributed by atoms with van der Waals surface area (Å²) in [5.41, 5.74) is 1.51. The number of para-hydroxylation sites is 1. The summed E-state index contributed by atoms with van der Waals surface area (Å²) < 4.78 is 0. The molecule has 6 heteroatoms. The van der Waals surface area contributed by atoms with Gasteiger partial charge in [-0.1, -0.05) is 26.0 Å². The molecule has 0 radical (unpaired) electrons. The molecule has 2 rings (SSSR count). The van der Waals surface area contributed by atoms with Crippen LogP contribution in [0.3, 0.4) is 0 Å². The van der Waals surface area contributed by atoms with Gasteiger partial charge in [0.2, 0.25) is 5.95 Å². The van der Waals surface area contributed by atoms with Crippen molar-refractivity contribution in [2.24, 2.45) is 5.92 Å². The Hall–Kier alpha value is -2.63. The van der Waals surface area contributed by atoms with Gasteiger partial charge in [-0.25, -0.2) is 9.78 Å². The lowest BCUT2D eigenvalue weighted by Crippen LogP contribution is -2.12. The topological polar surface area (TPSA) is 87.1 Å². The van der Waals surface area contributed by atoms with Crippen molar-refractivity contribution < 1.29 is 9.90 Å². The van der Waals surface area contributed by atoms with E-state index in [0.29, 0.717) is 23.4 Å². The van der Waals surface area contributed by atoms with Crippen LogP contribution >= 0.6 is 0 Å². The summed E-state index contributed by atoms with van der Waals surface area (Å²) in [6.45, 7) is 6.85. The summed E-state index contributed by atoms with van der Waals surface area (Å²) in [7, 11) is 0. The van der Waals surface area contributed by atoms with E-state index in [4.69, 9.17) is 0 Å². The van der Waals surface area contributed by atoms with Gasteiger partial charge >= 0.3 is 5.97 Å². The number of rotatable bonds is 6. The number of carboxylic acid groups (broad SMARTS) is 1. The highest BCUT2D eigenvalue weighted by Gasteiger charge is 2.10. The maximum atomic E-state index is 11.2. The minimum Gasteiger partial charge on any atom is -0.478 e. The zero-order valence-corrected chi connectivity index (χ0v) is 12.9. The lowest BCUT2D eigenvalue weighted by molar-refractivity contribution is 0.0698. The molecule has 2 aromatic rings. The van der Waals surface area contributed by atoms with E-state index in [1.54, 1.807) is 30.3 Å². The number of hydrogen-bond acceptors (Lipinski definition) is 5. The van der Waals surface area contributed by atoms with Gasteiger partial charge in [-0.2, -0.15) is 4.98 Å². The van der Waals surface area contributed by atoms with Gasteiger partial charge in [0, 0.05) is 18.3 Å². The second-order valence-electron chi connectivity index (χ2n) is 5.47. The molecule has 0 saturated carbocycles. The third kappa shape index (κ3) is 4.18. The Morgan fingerprint density at radius 1 is 1.27 bits per heavy atom. The average molecular weight is 300 g/mol. The minimum absolute atomic E-state index is 0.204. The number of benzene rings is 1. The monoisotopic (exact) mass is 300 g/mol. The summed E-state index contributed by atoms with van der Waals surface area (Å²) in [5.74, 6) is 0.594. The predicted molar refractivity (Wildman–Crippen MR) is 86.8 cm³/mol. The average Bonchev–Trinajstić information content (AvgIpc) is 2.45. The second-order valence-corrected chi connectivity index (χ2v) is 5.47. The Morgan fingerprint density at radius 2 is 2.00 bits per heavy atom. The van der Waals surface area contributed by atoms with Crippen molar-refractivity contribution in [2.45, 2.75) is 20.8 Å². The third-order valence-electron chi connectivity index (χ3n) is 2.94. The number of hydrogen-bond donors (Lipinski definition) is 3. The van der Waals surface area contributed by atoms with Crippen LogP contribution in [-0.4, -0.2) is 27.6 Å². The molecule has 0 aliphatic heterocycles. The highest BCUT2D eigenvalue weighted by Crippen LogP contribution is 2.21. The normalized spacial score (nSPS) is 10.5. The lowest BCUT2D eigenvalue weighted by Gasteiger charge is -2.12. The van der Waals surface area contributed by atoms with E-state index in [-0.39, 0.29) is 5.56 Å². The Balaban J connectivity index is 2.24. The first-order valence-corrected chi connectivity index (χ1v) is 7.14. The Labute approximate surface area is 129 Å². The van der Waals surface area contributed by atoms with E-state index in [1.807, 2.05) is 6.92 Å². The van der Waals surface area contributed by atoms with Crippen LogP contribution in [0.2, 0.25) is 0 Å². The van der Waals surface area contributed by atoms with Crippen LogP contribution in [-0.2, 0) is 0 Å². The maximum absolute atomic E-state index is 11.2. The molecular formula is C16H20N4O2. The van der Waals surface area contributed by atoms with Crippen LogP contribution in [0.5, 0.6) is 0 Å². The van der Waals surface area contributed by atoms with Crippen molar-refractivity contribution in [3.8, 4) is 0 Å². The Kier molecular flexibility index (Phi) is 4.93. The van der Waals surface area contributed by atoms with E-state index in [9.17, 15) is 9.90 Å². The maximum Gasteiger partial charge on any atom is 0.337 e. The first-order chi connectivity index (χ1) is 10.5. The number of aromatic nitrogens is 2. The summed E-state index contributed by atoms with van der Waals surface area (Å²) in [6, 6.07) is 8.51. The molecular weight excluding hydrogens is 280 g/mol. The van der Waals surface area contributed by atoms with E-state index in [2.05, 4.69) is 34.4 Å². The lowest BCUT2D eigenvalue weighted by atomic mass is 10.2. The molecule has 0 unspecified atom stereocenters. The third-order valence-corrected chi connectivity index (χ3v) is 2.94. The molecule has 0 saturated heterocycles. The fourth-order valence-corrected chi connectivity index (χ4v) is 1.92. The molecule has 1 aromatic heterocycles. The molecule has 116 valence electrons. The zero-order chi connectivity index (χ0) is 16.1. The highest BCUT2D eigenvalue weighted by molar-refractivity contribution is 5.95. The van der Waals surface area contributed by atoms with Crippen LogP contribution in [0.15, 0.2) is 30.3 Å². The molecule has 22 heavy (non-hydrogen) atoms. The molecule has 1 heterocycles. The van der Waals surface area contributed by atoms with Gasteiger partial charge in [-0.3, -0.25) is 0 Å². The first-order valence-electron chi connectivity index (χ1n) is 7.14. The van der Waals surface area contributed by atoms with Crippen LogP contribution < -0.4 is 10.6 Å². The first kappa shape index (κ1) is 15.8. The van der Waals surface area contributed by atoms with Crippen molar-refractivity contribution in [1.29, 1.82) is 0 Å². The molecule has 0 atom stereocenters. The number of aromatic carboxylic acids is 1.